The van der Waals surface area contributed by atoms with E-state index in [1.165, 1.54) is 18.4 Å². The van der Waals surface area contributed by atoms with Gasteiger partial charge in [-0.25, -0.2) is 9.97 Å². The third-order valence-electron chi connectivity index (χ3n) is 3.65. The van der Waals surface area contributed by atoms with Crippen molar-refractivity contribution in [3.05, 3.63) is 45.7 Å². The molecule has 1 heterocycles. The van der Waals surface area contributed by atoms with Crippen LogP contribution in [0.3, 0.4) is 0 Å². The number of halogens is 2. The third kappa shape index (κ3) is 2.55. The average Bonchev–Trinajstić information content (AvgIpc) is 3.21. The van der Waals surface area contributed by atoms with Gasteiger partial charge in [-0.1, -0.05) is 61.3 Å². The highest BCUT2D eigenvalue weighted by atomic mass is 35.5. The van der Waals surface area contributed by atoms with Crippen molar-refractivity contribution in [2.75, 3.05) is 0 Å². The highest BCUT2D eigenvalue weighted by Gasteiger charge is 2.27. The van der Waals surface area contributed by atoms with E-state index in [0.717, 1.165) is 11.1 Å². The predicted octanol–water partition coefficient (Wildman–Crippen LogP) is 5.45. The van der Waals surface area contributed by atoms with Gasteiger partial charge in [0.2, 0.25) is 0 Å². The lowest BCUT2D eigenvalue weighted by molar-refractivity contribution is 0.847. The molecule has 2 nitrogen and oxygen atoms in total. The summed E-state index contributed by atoms with van der Waals surface area (Å²) in [7, 11) is 0. The lowest BCUT2D eigenvalue weighted by Gasteiger charge is -2.13. The van der Waals surface area contributed by atoms with Crippen LogP contribution in [0.4, 0.5) is 0 Å². The minimum Gasteiger partial charge on any atom is -0.216 e. The van der Waals surface area contributed by atoms with Gasteiger partial charge in [0, 0.05) is 11.1 Å². The Bertz CT molecular complexity index is 626. The Kier molecular flexibility index (Phi) is 3.70. The van der Waals surface area contributed by atoms with Gasteiger partial charge in [0.05, 0.1) is 0 Å². The second-order valence-electron chi connectivity index (χ2n) is 5.56. The van der Waals surface area contributed by atoms with E-state index in [9.17, 15) is 0 Å². The number of benzene rings is 1. The summed E-state index contributed by atoms with van der Waals surface area (Å²) in [6.45, 7) is 4.07. The highest BCUT2D eigenvalue weighted by Crippen LogP contribution is 2.44. The van der Waals surface area contributed by atoms with E-state index in [4.69, 9.17) is 23.2 Å². The molecule has 2 aromatic rings. The van der Waals surface area contributed by atoms with Gasteiger partial charge >= 0.3 is 0 Å². The van der Waals surface area contributed by atoms with E-state index in [1.807, 2.05) is 26.0 Å². The Hall–Kier alpha value is -1.12. The molecule has 3 rings (SSSR count). The zero-order chi connectivity index (χ0) is 14.3. The second kappa shape index (κ2) is 5.34. The SMILES string of the molecule is CC(C)c1c(Cl)nc(-c2ccccc2C2CC2)nc1Cl. The average molecular weight is 307 g/mol. The van der Waals surface area contributed by atoms with Crippen molar-refractivity contribution in [1.82, 2.24) is 9.97 Å². The normalized spacial score (nSPS) is 14.8. The maximum absolute atomic E-state index is 6.29. The van der Waals surface area contributed by atoms with Crippen LogP contribution in [0.2, 0.25) is 10.3 Å². The predicted molar refractivity (Wildman–Crippen MR) is 83.6 cm³/mol. The number of hydrogen-bond donors (Lipinski definition) is 0. The molecule has 20 heavy (non-hydrogen) atoms. The smallest absolute Gasteiger partial charge is 0.162 e. The quantitative estimate of drug-likeness (QED) is 0.704. The fourth-order valence-electron chi connectivity index (χ4n) is 2.46. The van der Waals surface area contributed by atoms with E-state index in [1.54, 1.807) is 0 Å². The number of hydrogen-bond acceptors (Lipinski definition) is 2. The van der Waals surface area contributed by atoms with Crippen molar-refractivity contribution in [2.45, 2.75) is 38.5 Å². The van der Waals surface area contributed by atoms with Crippen LogP contribution in [-0.2, 0) is 0 Å². The van der Waals surface area contributed by atoms with Gasteiger partial charge in [0.25, 0.3) is 0 Å². The van der Waals surface area contributed by atoms with Crippen LogP contribution in [0.15, 0.2) is 24.3 Å². The molecule has 0 aliphatic heterocycles. The molecule has 1 aromatic heterocycles. The molecule has 0 N–H and O–H groups in total. The van der Waals surface area contributed by atoms with Crippen LogP contribution >= 0.6 is 23.2 Å². The maximum Gasteiger partial charge on any atom is 0.162 e. The molecule has 1 aliphatic carbocycles. The molecule has 104 valence electrons. The molecule has 1 aromatic carbocycles. The Balaban J connectivity index is 2.12. The summed E-state index contributed by atoms with van der Waals surface area (Å²) in [6.07, 6.45) is 2.48. The summed E-state index contributed by atoms with van der Waals surface area (Å²) in [5.74, 6) is 1.48. The van der Waals surface area contributed by atoms with E-state index < -0.39 is 0 Å². The van der Waals surface area contributed by atoms with E-state index in [2.05, 4.69) is 22.1 Å². The first kappa shape index (κ1) is 13.8. The van der Waals surface area contributed by atoms with Crippen molar-refractivity contribution in [2.24, 2.45) is 0 Å². The number of rotatable bonds is 3. The summed E-state index contributed by atoms with van der Waals surface area (Å²) in [4.78, 5) is 8.93. The highest BCUT2D eigenvalue weighted by molar-refractivity contribution is 6.34. The largest absolute Gasteiger partial charge is 0.216 e. The second-order valence-corrected chi connectivity index (χ2v) is 6.27. The molecule has 1 saturated carbocycles. The fraction of sp³-hybridized carbons (Fsp3) is 0.375. The Morgan fingerprint density at radius 2 is 1.65 bits per heavy atom. The lowest BCUT2D eigenvalue weighted by atomic mass is 10.0. The van der Waals surface area contributed by atoms with Gasteiger partial charge in [-0.05, 0) is 30.2 Å². The molecule has 0 unspecified atom stereocenters. The van der Waals surface area contributed by atoms with Crippen molar-refractivity contribution < 1.29 is 0 Å². The standard InChI is InChI=1S/C16H16Cl2N2/c1-9(2)13-14(17)19-16(20-15(13)18)12-6-4-3-5-11(12)10-7-8-10/h3-6,9-10H,7-8H2,1-2H3. The molecule has 0 spiro atoms. The molecule has 0 bridgehead atoms. The zero-order valence-corrected chi connectivity index (χ0v) is 13.0. The molecule has 0 radical (unpaired) electrons. The van der Waals surface area contributed by atoms with Crippen LogP contribution in [0, 0.1) is 0 Å². The summed E-state index contributed by atoms with van der Waals surface area (Å²) < 4.78 is 0. The van der Waals surface area contributed by atoms with Gasteiger partial charge < -0.3 is 0 Å². The summed E-state index contributed by atoms with van der Waals surface area (Å²) in [5, 5.41) is 0.918. The molecule has 4 heteroatoms. The van der Waals surface area contributed by atoms with E-state index in [0.29, 0.717) is 22.0 Å². The van der Waals surface area contributed by atoms with Crippen LogP contribution in [0.5, 0.6) is 0 Å². The van der Waals surface area contributed by atoms with Gasteiger partial charge in [-0.15, -0.1) is 0 Å². The fourth-order valence-corrected chi connectivity index (χ4v) is 3.29. The van der Waals surface area contributed by atoms with Crippen LogP contribution < -0.4 is 0 Å². The van der Waals surface area contributed by atoms with Crippen molar-refractivity contribution in [1.29, 1.82) is 0 Å². The molecule has 0 saturated heterocycles. The first-order chi connectivity index (χ1) is 9.58. The number of aromatic nitrogens is 2. The van der Waals surface area contributed by atoms with Crippen molar-refractivity contribution in [3.63, 3.8) is 0 Å². The Labute approximate surface area is 129 Å². The van der Waals surface area contributed by atoms with Crippen LogP contribution in [0.25, 0.3) is 11.4 Å². The lowest BCUT2D eigenvalue weighted by Crippen LogP contribution is -2.00. The van der Waals surface area contributed by atoms with E-state index in [-0.39, 0.29) is 5.92 Å². The molecule has 0 atom stereocenters. The summed E-state index contributed by atoms with van der Waals surface area (Å²) >= 11 is 12.6. The first-order valence-electron chi connectivity index (χ1n) is 6.90. The Morgan fingerprint density at radius 1 is 1.05 bits per heavy atom. The van der Waals surface area contributed by atoms with Gasteiger partial charge in [0.15, 0.2) is 5.82 Å². The van der Waals surface area contributed by atoms with Gasteiger partial charge in [-0.3, -0.25) is 0 Å². The molecular formula is C16H16Cl2N2. The molecule has 0 amide bonds. The molecule has 1 aliphatic rings. The summed E-state index contributed by atoms with van der Waals surface area (Å²) in [5.41, 5.74) is 3.17. The van der Waals surface area contributed by atoms with Crippen molar-refractivity contribution in [3.8, 4) is 11.4 Å². The number of nitrogens with zero attached hydrogens (tertiary/aromatic N) is 2. The first-order valence-corrected chi connectivity index (χ1v) is 7.65. The Morgan fingerprint density at radius 3 is 2.20 bits per heavy atom. The zero-order valence-electron chi connectivity index (χ0n) is 11.5. The van der Waals surface area contributed by atoms with Crippen LogP contribution in [0.1, 0.15) is 49.7 Å². The topological polar surface area (TPSA) is 25.8 Å². The third-order valence-corrected chi connectivity index (χ3v) is 4.23. The van der Waals surface area contributed by atoms with Gasteiger partial charge in [0.1, 0.15) is 10.3 Å². The maximum atomic E-state index is 6.29. The van der Waals surface area contributed by atoms with Crippen LogP contribution in [-0.4, -0.2) is 9.97 Å². The van der Waals surface area contributed by atoms with E-state index >= 15 is 0 Å². The monoisotopic (exact) mass is 306 g/mol. The van der Waals surface area contributed by atoms with Crippen molar-refractivity contribution >= 4 is 23.2 Å². The molecular weight excluding hydrogens is 291 g/mol. The minimum atomic E-state index is 0.211. The minimum absolute atomic E-state index is 0.211. The summed E-state index contributed by atoms with van der Waals surface area (Å²) in [6, 6.07) is 8.25. The van der Waals surface area contributed by atoms with Gasteiger partial charge in [-0.2, -0.15) is 0 Å². The molecule has 1 fully saturated rings.